The van der Waals surface area contributed by atoms with E-state index in [4.69, 9.17) is 0 Å². The minimum absolute atomic E-state index is 0.0907. The van der Waals surface area contributed by atoms with Gasteiger partial charge in [-0.2, -0.15) is 10.1 Å². The highest BCUT2D eigenvalue weighted by molar-refractivity contribution is 6.07. The normalized spacial score (nSPS) is 26.1. The number of aromatic nitrogens is 2. The number of nitrogens with zero attached hydrogens (tertiary/aromatic N) is 5. The molecule has 2 fully saturated rings. The minimum Gasteiger partial charge on any atom is -0.301 e. The number of amides is 2. The van der Waals surface area contributed by atoms with E-state index in [0.717, 1.165) is 22.3 Å². The van der Waals surface area contributed by atoms with Crippen molar-refractivity contribution in [2.75, 3.05) is 0 Å². The van der Waals surface area contributed by atoms with E-state index in [9.17, 15) is 19.7 Å². The molecule has 32 heavy (non-hydrogen) atoms. The third-order valence-corrected chi connectivity index (χ3v) is 6.69. The summed E-state index contributed by atoms with van der Waals surface area (Å²) in [6.45, 7) is 0. The van der Waals surface area contributed by atoms with E-state index in [1.165, 1.54) is 18.5 Å². The lowest BCUT2D eigenvalue weighted by molar-refractivity contribution is -0.385. The Morgan fingerprint density at radius 3 is 2.44 bits per heavy atom. The second kappa shape index (κ2) is 6.68. The molecule has 0 radical (unpaired) electrons. The molecule has 2 aliphatic carbocycles. The molecule has 2 aromatic heterocycles. The summed E-state index contributed by atoms with van der Waals surface area (Å²) < 4.78 is 1.80. The summed E-state index contributed by atoms with van der Waals surface area (Å²) in [5.41, 5.74) is 1.44. The Hall–Kier alpha value is -4.14. The van der Waals surface area contributed by atoms with Gasteiger partial charge in [-0.05, 0) is 30.4 Å². The van der Waals surface area contributed by atoms with Crippen molar-refractivity contribution >= 4 is 34.6 Å². The van der Waals surface area contributed by atoms with Gasteiger partial charge < -0.3 is 4.57 Å². The summed E-state index contributed by atoms with van der Waals surface area (Å²) in [5.74, 6) is -0.256. The number of rotatable bonds is 4. The first-order valence-electron chi connectivity index (χ1n) is 10.3. The number of allylic oxidation sites excluding steroid dienone is 2. The lowest BCUT2D eigenvalue weighted by Gasteiger charge is -2.13. The van der Waals surface area contributed by atoms with Crippen LogP contribution in [0.2, 0.25) is 0 Å². The number of carbonyl (C=O) groups is 2. The van der Waals surface area contributed by atoms with E-state index in [2.05, 4.69) is 22.2 Å². The predicted molar refractivity (Wildman–Crippen MR) is 115 cm³/mol. The third-order valence-electron chi connectivity index (χ3n) is 6.69. The Labute approximate surface area is 181 Å². The molecule has 3 aliphatic rings. The first kappa shape index (κ1) is 18.6. The molecular weight excluding hydrogens is 410 g/mol. The van der Waals surface area contributed by atoms with Crippen LogP contribution in [0.4, 0.5) is 5.69 Å². The summed E-state index contributed by atoms with van der Waals surface area (Å²) in [6, 6.07) is 10.5. The number of para-hydroxylation sites is 1. The van der Waals surface area contributed by atoms with Gasteiger partial charge in [-0.3, -0.25) is 19.7 Å². The van der Waals surface area contributed by atoms with Crippen LogP contribution in [0.5, 0.6) is 0 Å². The third kappa shape index (κ3) is 2.57. The quantitative estimate of drug-likeness (QED) is 0.209. The SMILES string of the molecule is O=C1C2C3C=CC(C3)C2C(=O)N1N=Cc1cn(-c2ccc([N+](=O)[O-])cn2)c2ccccc12. The van der Waals surface area contributed by atoms with Crippen LogP contribution in [-0.2, 0) is 9.59 Å². The molecule has 9 heteroatoms. The van der Waals surface area contributed by atoms with Gasteiger partial charge >= 0.3 is 0 Å². The number of hydrogen-bond donors (Lipinski definition) is 0. The molecule has 2 bridgehead atoms. The molecule has 0 N–H and O–H groups in total. The number of fused-ring (bicyclic) bond motifs is 6. The molecule has 9 nitrogen and oxygen atoms in total. The maximum Gasteiger partial charge on any atom is 0.287 e. The van der Waals surface area contributed by atoms with Crippen molar-refractivity contribution in [2.45, 2.75) is 6.42 Å². The minimum atomic E-state index is -0.496. The number of pyridine rings is 1. The molecular formula is C23H17N5O4. The molecule has 4 atom stereocenters. The number of imide groups is 1. The first-order chi connectivity index (χ1) is 15.5. The van der Waals surface area contributed by atoms with Crippen molar-refractivity contribution in [3.05, 3.63) is 76.6 Å². The van der Waals surface area contributed by atoms with Gasteiger partial charge in [0.1, 0.15) is 12.0 Å². The lowest BCUT2D eigenvalue weighted by atomic mass is 9.85. The second-order valence-corrected chi connectivity index (χ2v) is 8.34. The first-order valence-corrected chi connectivity index (χ1v) is 10.3. The molecule has 1 aliphatic heterocycles. The van der Waals surface area contributed by atoms with Gasteiger partial charge in [0.25, 0.3) is 17.5 Å². The molecule has 1 saturated carbocycles. The van der Waals surface area contributed by atoms with Crippen LogP contribution in [0.15, 0.2) is 66.0 Å². The standard InChI is InChI=1S/C23H17N5O4/c29-22-20-13-5-6-14(9-13)21(20)23(30)27(22)25-10-15-12-26(18-4-2-1-3-17(15)18)19-8-7-16(11-24-19)28(31)32/h1-8,10-14,20-21H,9H2. The van der Waals surface area contributed by atoms with E-state index in [-0.39, 0.29) is 41.2 Å². The van der Waals surface area contributed by atoms with E-state index in [1.807, 2.05) is 24.3 Å². The summed E-state index contributed by atoms with van der Waals surface area (Å²) >= 11 is 0. The van der Waals surface area contributed by atoms with Crippen LogP contribution < -0.4 is 0 Å². The second-order valence-electron chi connectivity index (χ2n) is 8.34. The molecule has 158 valence electrons. The number of hydrogen-bond acceptors (Lipinski definition) is 6. The smallest absolute Gasteiger partial charge is 0.287 e. The molecule has 2 amide bonds. The number of benzene rings is 1. The van der Waals surface area contributed by atoms with Crippen molar-refractivity contribution in [1.29, 1.82) is 0 Å². The van der Waals surface area contributed by atoms with E-state index >= 15 is 0 Å². The van der Waals surface area contributed by atoms with Crippen LogP contribution in [-0.4, -0.2) is 37.5 Å². The zero-order valence-corrected chi connectivity index (χ0v) is 16.7. The fourth-order valence-corrected chi connectivity index (χ4v) is 5.25. The lowest BCUT2D eigenvalue weighted by Crippen LogP contribution is -2.28. The summed E-state index contributed by atoms with van der Waals surface area (Å²) in [4.78, 5) is 40.4. The van der Waals surface area contributed by atoms with E-state index < -0.39 is 4.92 Å². The fourth-order valence-electron chi connectivity index (χ4n) is 5.25. The van der Waals surface area contributed by atoms with E-state index in [1.54, 1.807) is 16.8 Å². The zero-order valence-electron chi connectivity index (χ0n) is 16.7. The monoisotopic (exact) mass is 427 g/mol. The molecule has 1 saturated heterocycles. The van der Waals surface area contributed by atoms with Crippen LogP contribution in [0.1, 0.15) is 12.0 Å². The Bertz CT molecular complexity index is 1330. The molecule has 1 aromatic carbocycles. The highest BCUT2D eigenvalue weighted by Crippen LogP contribution is 2.52. The van der Waals surface area contributed by atoms with Crippen LogP contribution in [0.3, 0.4) is 0 Å². The topological polar surface area (TPSA) is 111 Å². The molecule has 4 unspecified atom stereocenters. The predicted octanol–water partition coefficient (Wildman–Crippen LogP) is 3.07. The Morgan fingerprint density at radius 2 is 1.78 bits per heavy atom. The maximum atomic E-state index is 12.9. The van der Waals surface area contributed by atoms with Gasteiger partial charge in [0.15, 0.2) is 0 Å². The van der Waals surface area contributed by atoms with Gasteiger partial charge in [-0.25, -0.2) is 4.98 Å². The van der Waals surface area contributed by atoms with Crippen molar-refractivity contribution in [1.82, 2.24) is 14.6 Å². The summed E-state index contributed by atoms with van der Waals surface area (Å²) in [6.07, 6.45) is 9.50. The van der Waals surface area contributed by atoms with Gasteiger partial charge in [-0.1, -0.05) is 30.4 Å². The summed E-state index contributed by atoms with van der Waals surface area (Å²) in [7, 11) is 0. The molecule has 0 spiro atoms. The maximum absolute atomic E-state index is 12.9. The highest BCUT2D eigenvalue weighted by Gasteiger charge is 2.59. The highest BCUT2D eigenvalue weighted by atomic mass is 16.6. The average Bonchev–Trinajstić information content (AvgIpc) is 3.56. The number of carbonyl (C=O) groups excluding carboxylic acids is 2. The van der Waals surface area contributed by atoms with Crippen molar-refractivity contribution in [3.8, 4) is 5.82 Å². The van der Waals surface area contributed by atoms with Crippen molar-refractivity contribution in [3.63, 3.8) is 0 Å². The van der Waals surface area contributed by atoms with Gasteiger partial charge in [0.05, 0.1) is 28.5 Å². The Morgan fingerprint density at radius 1 is 1.06 bits per heavy atom. The van der Waals surface area contributed by atoms with Gasteiger partial charge in [0, 0.05) is 23.2 Å². The number of nitro groups is 1. The van der Waals surface area contributed by atoms with Crippen LogP contribution >= 0.6 is 0 Å². The van der Waals surface area contributed by atoms with E-state index in [0.29, 0.717) is 11.4 Å². The van der Waals surface area contributed by atoms with Crippen LogP contribution in [0, 0.1) is 33.8 Å². The molecule has 3 aromatic rings. The zero-order chi connectivity index (χ0) is 22.0. The summed E-state index contributed by atoms with van der Waals surface area (Å²) in [5, 5.41) is 17.1. The van der Waals surface area contributed by atoms with Crippen molar-refractivity contribution in [2.24, 2.45) is 28.8 Å². The number of hydrazone groups is 1. The van der Waals surface area contributed by atoms with Gasteiger partial charge in [-0.15, -0.1) is 0 Å². The van der Waals surface area contributed by atoms with Crippen LogP contribution in [0.25, 0.3) is 16.7 Å². The Balaban J connectivity index is 1.35. The van der Waals surface area contributed by atoms with Gasteiger partial charge in [0.2, 0.25) is 0 Å². The fraction of sp³-hybridized carbons (Fsp3) is 0.217. The molecule has 6 rings (SSSR count). The largest absolute Gasteiger partial charge is 0.301 e. The molecule has 3 heterocycles. The average molecular weight is 427 g/mol. The Kier molecular flexibility index (Phi) is 3.89. The van der Waals surface area contributed by atoms with Crippen molar-refractivity contribution < 1.29 is 14.5 Å².